The molecule has 4 rings (SSSR count). The Labute approximate surface area is 177 Å². The lowest BCUT2D eigenvalue weighted by Crippen LogP contribution is -2.56. The van der Waals surface area contributed by atoms with Gasteiger partial charge in [0, 0.05) is 12.5 Å². The number of fused-ring (bicyclic) bond motifs is 1. The number of amides is 1. The Morgan fingerprint density at radius 1 is 1.07 bits per heavy atom. The van der Waals surface area contributed by atoms with E-state index in [9.17, 15) is 15.0 Å². The molecule has 160 valence electrons. The highest BCUT2D eigenvalue weighted by molar-refractivity contribution is 5.97. The first kappa shape index (κ1) is 20.5. The van der Waals surface area contributed by atoms with Crippen LogP contribution in [0.5, 0.6) is 17.2 Å². The number of carbonyl (C=O) groups is 1. The smallest absolute Gasteiger partial charge is 0.258 e. The van der Waals surface area contributed by atoms with E-state index in [2.05, 4.69) is 0 Å². The minimum absolute atomic E-state index is 0.0542. The predicted octanol–water partition coefficient (Wildman–Crippen LogP) is 3.92. The lowest BCUT2D eigenvalue weighted by atomic mass is 9.66. The third-order valence-corrected chi connectivity index (χ3v) is 6.71. The molecule has 2 fully saturated rings. The molecule has 6 nitrogen and oxygen atoms in total. The van der Waals surface area contributed by atoms with Crippen molar-refractivity contribution in [2.75, 3.05) is 20.8 Å². The van der Waals surface area contributed by atoms with Gasteiger partial charge in [0.25, 0.3) is 5.91 Å². The van der Waals surface area contributed by atoms with Crippen molar-refractivity contribution in [2.24, 2.45) is 5.92 Å². The maximum Gasteiger partial charge on any atom is 0.258 e. The molecule has 0 bridgehead atoms. The molecule has 1 aliphatic carbocycles. The van der Waals surface area contributed by atoms with Crippen molar-refractivity contribution in [1.82, 2.24) is 4.90 Å². The number of aliphatic hydroxyl groups is 1. The molecular formula is C24H29NO5. The van der Waals surface area contributed by atoms with E-state index >= 15 is 0 Å². The van der Waals surface area contributed by atoms with Gasteiger partial charge in [-0.2, -0.15) is 0 Å². The minimum atomic E-state index is -0.786. The maximum atomic E-state index is 13.6. The van der Waals surface area contributed by atoms with Gasteiger partial charge in [-0.1, -0.05) is 31.0 Å². The van der Waals surface area contributed by atoms with Crippen LogP contribution in [0.4, 0.5) is 0 Å². The summed E-state index contributed by atoms with van der Waals surface area (Å²) in [5.74, 6) is 0.764. The van der Waals surface area contributed by atoms with E-state index in [1.54, 1.807) is 31.4 Å². The Bertz CT molecular complexity index is 930. The van der Waals surface area contributed by atoms with Crippen molar-refractivity contribution in [3.05, 3.63) is 53.6 Å². The van der Waals surface area contributed by atoms with Crippen molar-refractivity contribution in [2.45, 2.75) is 43.7 Å². The molecule has 2 aromatic rings. The van der Waals surface area contributed by atoms with Gasteiger partial charge in [-0.25, -0.2) is 0 Å². The molecule has 3 atom stereocenters. The van der Waals surface area contributed by atoms with Crippen LogP contribution in [-0.2, 0) is 0 Å². The van der Waals surface area contributed by atoms with E-state index in [0.717, 1.165) is 31.2 Å². The van der Waals surface area contributed by atoms with Crippen molar-refractivity contribution >= 4 is 5.91 Å². The molecule has 0 aromatic heterocycles. The second-order valence-corrected chi connectivity index (χ2v) is 8.28. The molecule has 0 unspecified atom stereocenters. The fourth-order valence-electron chi connectivity index (χ4n) is 5.18. The van der Waals surface area contributed by atoms with Crippen LogP contribution in [0.15, 0.2) is 42.5 Å². The van der Waals surface area contributed by atoms with Gasteiger partial charge in [-0.15, -0.1) is 0 Å². The number of aromatic hydroxyl groups is 1. The van der Waals surface area contributed by atoms with Gasteiger partial charge in [-0.05, 0) is 49.1 Å². The first-order valence-corrected chi connectivity index (χ1v) is 10.5. The average molecular weight is 411 g/mol. The van der Waals surface area contributed by atoms with Crippen LogP contribution in [0.25, 0.3) is 0 Å². The number of nitrogens with zero attached hydrogens (tertiary/aromatic N) is 1. The molecule has 1 saturated carbocycles. The molecule has 0 spiro atoms. The topological polar surface area (TPSA) is 79.2 Å². The average Bonchev–Trinajstić information content (AvgIpc) is 2.78. The van der Waals surface area contributed by atoms with Crippen molar-refractivity contribution < 1.29 is 24.5 Å². The zero-order valence-electron chi connectivity index (χ0n) is 17.5. The molecule has 30 heavy (non-hydrogen) atoms. The van der Waals surface area contributed by atoms with E-state index in [4.69, 9.17) is 9.47 Å². The highest BCUT2D eigenvalue weighted by Gasteiger charge is 2.50. The molecule has 1 saturated heterocycles. The number of piperidine rings is 1. The highest BCUT2D eigenvalue weighted by Crippen LogP contribution is 2.50. The highest BCUT2D eigenvalue weighted by atomic mass is 16.5. The van der Waals surface area contributed by atoms with E-state index in [-0.39, 0.29) is 23.6 Å². The van der Waals surface area contributed by atoms with Crippen LogP contribution < -0.4 is 9.47 Å². The summed E-state index contributed by atoms with van der Waals surface area (Å²) in [6.07, 6.45) is 4.18. The summed E-state index contributed by atoms with van der Waals surface area (Å²) in [6, 6.07) is 12.1. The maximum absolute atomic E-state index is 13.6. The standard InChI is InChI=1S/C24H29NO5/c1-29-20-9-4-3-7-17(20)23(27)25-14-13-24(28)12-6-5-8-18(24)22(25)16-10-11-19(26)21(15-16)30-2/h3-4,7,9-11,15,18,22,26,28H,5-6,8,12-14H2,1-2H3/t18-,22-,24-/m1/s1. The van der Waals surface area contributed by atoms with Gasteiger partial charge in [-0.3, -0.25) is 4.79 Å². The molecule has 1 aliphatic heterocycles. The summed E-state index contributed by atoms with van der Waals surface area (Å²) in [4.78, 5) is 15.5. The molecule has 2 aliphatic rings. The molecule has 2 aromatic carbocycles. The first-order valence-electron chi connectivity index (χ1n) is 10.5. The zero-order chi connectivity index (χ0) is 21.3. The predicted molar refractivity (Wildman–Crippen MR) is 113 cm³/mol. The summed E-state index contributed by atoms with van der Waals surface area (Å²) in [5, 5.41) is 21.5. The van der Waals surface area contributed by atoms with Gasteiger partial charge in [0.15, 0.2) is 11.5 Å². The molecule has 6 heteroatoms. The summed E-state index contributed by atoms with van der Waals surface area (Å²) in [7, 11) is 3.07. The lowest BCUT2D eigenvalue weighted by Gasteiger charge is -2.52. The number of carbonyl (C=O) groups excluding carboxylic acids is 1. The second kappa shape index (κ2) is 8.19. The summed E-state index contributed by atoms with van der Waals surface area (Å²) in [6.45, 7) is 0.456. The molecule has 2 N–H and O–H groups in total. The third kappa shape index (κ3) is 3.49. The van der Waals surface area contributed by atoms with Crippen LogP contribution in [0.2, 0.25) is 0 Å². The van der Waals surface area contributed by atoms with Crippen molar-refractivity contribution in [3.8, 4) is 17.2 Å². The Hall–Kier alpha value is -2.73. The first-order chi connectivity index (χ1) is 14.5. The minimum Gasteiger partial charge on any atom is -0.504 e. The van der Waals surface area contributed by atoms with Gasteiger partial charge in [0.05, 0.1) is 31.4 Å². The number of phenols is 1. The summed E-state index contributed by atoms with van der Waals surface area (Å²) in [5.41, 5.74) is 0.584. The van der Waals surface area contributed by atoms with Crippen molar-refractivity contribution in [1.29, 1.82) is 0 Å². The second-order valence-electron chi connectivity index (χ2n) is 8.28. The lowest BCUT2D eigenvalue weighted by molar-refractivity contribution is -0.115. The Morgan fingerprint density at radius 2 is 1.83 bits per heavy atom. The van der Waals surface area contributed by atoms with Crippen LogP contribution >= 0.6 is 0 Å². The number of ether oxygens (including phenoxy) is 2. The van der Waals surface area contributed by atoms with Gasteiger partial charge >= 0.3 is 0 Å². The number of para-hydroxylation sites is 1. The quantitative estimate of drug-likeness (QED) is 0.797. The van der Waals surface area contributed by atoms with E-state index in [0.29, 0.717) is 30.0 Å². The number of hydrogen-bond donors (Lipinski definition) is 2. The van der Waals surface area contributed by atoms with Gasteiger partial charge in [0.2, 0.25) is 0 Å². The van der Waals surface area contributed by atoms with Gasteiger partial charge < -0.3 is 24.6 Å². The Kier molecular flexibility index (Phi) is 5.60. The molecule has 0 radical (unpaired) electrons. The SMILES string of the molecule is COc1cc([C@@H]2[C@H]3CCCC[C@@]3(O)CCN2C(=O)c2ccccc2OC)ccc1O. The number of rotatable bonds is 4. The number of benzene rings is 2. The van der Waals surface area contributed by atoms with Crippen molar-refractivity contribution in [3.63, 3.8) is 0 Å². The Balaban J connectivity index is 1.79. The number of methoxy groups -OCH3 is 2. The third-order valence-electron chi connectivity index (χ3n) is 6.71. The summed E-state index contributed by atoms with van der Waals surface area (Å²) >= 11 is 0. The van der Waals surface area contributed by atoms with E-state index in [1.807, 2.05) is 23.1 Å². The molecule has 1 heterocycles. The molecular weight excluding hydrogens is 382 g/mol. The fraction of sp³-hybridized carbons (Fsp3) is 0.458. The normalized spacial score (nSPS) is 26.0. The summed E-state index contributed by atoms with van der Waals surface area (Å²) < 4.78 is 10.7. The number of phenolic OH excluding ortho intramolecular Hbond substituents is 1. The van der Waals surface area contributed by atoms with E-state index in [1.165, 1.54) is 7.11 Å². The van der Waals surface area contributed by atoms with Crippen LogP contribution in [0.1, 0.15) is 54.1 Å². The zero-order valence-corrected chi connectivity index (χ0v) is 17.5. The monoisotopic (exact) mass is 411 g/mol. The number of likely N-dealkylation sites (tertiary alicyclic amines) is 1. The van der Waals surface area contributed by atoms with Crippen LogP contribution in [0.3, 0.4) is 0 Å². The Morgan fingerprint density at radius 3 is 2.60 bits per heavy atom. The van der Waals surface area contributed by atoms with E-state index < -0.39 is 5.60 Å². The number of hydrogen-bond acceptors (Lipinski definition) is 5. The van der Waals surface area contributed by atoms with Crippen LogP contribution in [0, 0.1) is 5.92 Å². The molecule has 1 amide bonds. The van der Waals surface area contributed by atoms with Gasteiger partial charge in [0.1, 0.15) is 5.75 Å². The van der Waals surface area contributed by atoms with Crippen LogP contribution in [-0.4, -0.2) is 47.4 Å². The fourth-order valence-corrected chi connectivity index (χ4v) is 5.18. The largest absolute Gasteiger partial charge is 0.504 e.